The molecule has 0 spiro atoms. The zero-order valence-electron chi connectivity index (χ0n) is 17.2. The Kier molecular flexibility index (Phi) is 6.18. The van der Waals surface area contributed by atoms with Crippen LogP contribution in [0.15, 0.2) is 48.6 Å². The standard InChI is InChI=1S/C24H26O5/c1-6-27-19-13-9-12-18-20(19)22(29-24(26)15(4)5)17-11-8-7-10-16(17)21(18)28-23(25)14(2)3/h7-8,10-11,19H,2,4,6,9,12-13H2,1,3,5H3. The van der Waals surface area contributed by atoms with Crippen LogP contribution in [-0.4, -0.2) is 18.5 Å². The van der Waals surface area contributed by atoms with Gasteiger partial charge in [-0.25, -0.2) is 9.59 Å². The van der Waals surface area contributed by atoms with Crippen molar-refractivity contribution in [2.45, 2.75) is 46.1 Å². The molecule has 2 aromatic rings. The quantitative estimate of drug-likeness (QED) is 0.382. The monoisotopic (exact) mass is 394 g/mol. The van der Waals surface area contributed by atoms with Gasteiger partial charge in [0.15, 0.2) is 0 Å². The number of hydrogen-bond acceptors (Lipinski definition) is 5. The lowest BCUT2D eigenvalue weighted by Crippen LogP contribution is -2.20. The number of esters is 2. The van der Waals surface area contributed by atoms with E-state index in [-0.39, 0.29) is 6.10 Å². The molecule has 2 aromatic carbocycles. The first-order valence-corrected chi connectivity index (χ1v) is 9.79. The maximum atomic E-state index is 12.4. The van der Waals surface area contributed by atoms with E-state index in [1.807, 2.05) is 31.2 Å². The number of fused-ring (bicyclic) bond motifs is 2. The highest BCUT2D eigenvalue weighted by Crippen LogP contribution is 2.48. The maximum absolute atomic E-state index is 12.4. The van der Waals surface area contributed by atoms with Gasteiger partial charge in [0.25, 0.3) is 0 Å². The van der Waals surface area contributed by atoms with Crippen LogP contribution in [0.4, 0.5) is 0 Å². The summed E-state index contributed by atoms with van der Waals surface area (Å²) in [7, 11) is 0. The van der Waals surface area contributed by atoms with E-state index in [0.29, 0.717) is 46.4 Å². The molecule has 152 valence electrons. The predicted molar refractivity (Wildman–Crippen MR) is 112 cm³/mol. The van der Waals surface area contributed by atoms with Gasteiger partial charge in [0, 0.05) is 39.7 Å². The number of carbonyl (C=O) groups excluding carboxylic acids is 2. The minimum Gasteiger partial charge on any atom is -0.422 e. The third-order valence-corrected chi connectivity index (χ3v) is 4.93. The van der Waals surface area contributed by atoms with E-state index in [1.165, 1.54) is 0 Å². The molecule has 3 rings (SSSR count). The van der Waals surface area contributed by atoms with E-state index in [9.17, 15) is 9.59 Å². The molecule has 0 radical (unpaired) electrons. The van der Waals surface area contributed by atoms with Crippen molar-refractivity contribution in [2.75, 3.05) is 6.61 Å². The number of benzene rings is 2. The molecule has 5 heteroatoms. The van der Waals surface area contributed by atoms with E-state index in [1.54, 1.807) is 13.8 Å². The Morgan fingerprint density at radius 1 is 1.00 bits per heavy atom. The van der Waals surface area contributed by atoms with E-state index in [0.717, 1.165) is 24.0 Å². The number of hydrogen-bond donors (Lipinski definition) is 0. The van der Waals surface area contributed by atoms with Gasteiger partial charge in [-0.3, -0.25) is 0 Å². The Hall–Kier alpha value is -2.92. The van der Waals surface area contributed by atoms with Crippen LogP contribution >= 0.6 is 0 Å². The largest absolute Gasteiger partial charge is 0.422 e. The molecule has 1 aliphatic carbocycles. The molecule has 0 heterocycles. The number of carbonyl (C=O) groups is 2. The fourth-order valence-corrected chi connectivity index (χ4v) is 3.60. The van der Waals surface area contributed by atoms with Crippen LogP contribution in [-0.2, 0) is 20.7 Å². The molecule has 0 fully saturated rings. The van der Waals surface area contributed by atoms with Crippen LogP contribution in [0.1, 0.15) is 50.8 Å². The molecule has 0 amide bonds. The molecule has 0 aromatic heterocycles. The average molecular weight is 394 g/mol. The molecule has 1 aliphatic rings. The van der Waals surface area contributed by atoms with Crippen molar-refractivity contribution in [1.82, 2.24) is 0 Å². The summed E-state index contributed by atoms with van der Waals surface area (Å²) in [5.41, 5.74) is 2.24. The predicted octanol–water partition coefficient (Wildman–Crippen LogP) is 5.22. The summed E-state index contributed by atoms with van der Waals surface area (Å²) in [6, 6.07) is 7.43. The molecule has 5 nitrogen and oxygen atoms in total. The zero-order valence-corrected chi connectivity index (χ0v) is 17.2. The summed E-state index contributed by atoms with van der Waals surface area (Å²) >= 11 is 0. The fraction of sp³-hybridized carbons (Fsp3) is 0.333. The Balaban J connectivity index is 2.32. The molecular formula is C24H26O5. The Morgan fingerprint density at radius 3 is 2.10 bits per heavy atom. The van der Waals surface area contributed by atoms with Gasteiger partial charge in [-0.1, -0.05) is 37.4 Å². The van der Waals surface area contributed by atoms with Gasteiger partial charge in [0.05, 0.1) is 6.10 Å². The summed E-state index contributed by atoms with van der Waals surface area (Å²) in [5, 5.41) is 1.40. The van der Waals surface area contributed by atoms with Crippen LogP contribution in [0, 0.1) is 0 Å². The van der Waals surface area contributed by atoms with Crippen molar-refractivity contribution in [3.8, 4) is 11.5 Å². The van der Waals surface area contributed by atoms with Gasteiger partial charge in [0.1, 0.15) is 11.5 Å². The van der Waals surface area contributed by atoms with Crippen LogP contribution in [0.25, 0.3) is 10.8 Å². The van der Waals surface area contributed by atoms with Crippen molar-refractivity contribution in [1.29, 1.82) is 0 Å². The van der Waals surface area contributed by atoms with Crippen molar-refractivity contribution in [2.24, 2.45) is 0 Å². The summed E-state index contributed by atoms with van der Waals surface area (Å²) in [5.74, 6) is -0.0348. The van der Waals surface area contributed by atoms with E-state index in [4.69, 9.17) is 14.2 Å². The number of rotatable bonds is 6. The fourth-order valence-electron chi connectivity index (χ4n) is 3.60. The van der Waals surface area contributed by atoms with Gasteiger partial charge in [-0.05, 0) is 40.0 Å². The molecular weight excluding hydrogens is 368 g/mol. The van der Waals surface area contributed by atoms with Crippen LogP contribution in [0.3, 0.4) is 0 Å². The smallest absolute Gasteiger partial charge is 0.338 e. The molecule has 0 aliphatic heterocycles. The highest BCUT2D eigenvalue weighted by atomic mass is 16.5. The topological polar surface area (TPSA) is 61.8 Å². The minimum atomic E-state index is -0.496. The second kappa shape index (κ2) is 8.62. The van der Waals surface area contributed by atoms with Gasteiger partial charge >= 0.3 is 11.9 Å². The summed E-state index contributed by atoms with van der Waals surface area (Å²) in [4.78, 5) is 24.7. The Morgan fingerprint density at radius 2 is 1.55 bits per heavy atom. The molecule has 29 heavy (non-hydrogen) atoms. The second-order valence-electron chi connectivity index (χ2n) is 7.27. The lowest BCUT2D eigenvalue weighted by atomic mass is 9.85. The third-order valence-electron chi connectivity index (χ3n) is 4.93. The summed E-state index contributed by atoms with van der Waals surface area (Å²) in [6.07, 6.45) is 2.12. The van der Waals surface area contributed by atoms with Crippen LogP contribution < -0.4 is 9.47 Å². The van der Waals surface area contributed by atoms with Crippen molar-refractivity contribution in [3.05, 3.63) is 59.7 Å². The van der Waals surface area contributed by atoms with E-state index >= 15 is 0 Å². The highest BCUT2D eigenvalue weighted by Gasteiger charge is 2.32. The SMILES string of the molecule is C=C(C)C(=O)Oc1c2c(c(OC(=O)C(=C)C)c3ccccc13)C(OCC)CCC2. The van der Waals surface area contributed by atoms with Gasteiger partial charge in [-0.15, -0.1) is 0 Å². The van der Waals surface area contributed by atoms with E-state index in [2.05, 4.69) is 13.2 Å². The molecule has 0 saturated heterocycles. The number of ether oxygens (including phenoxy) is 3. The van der Waals surface area contributed by atoms with E-state index < -0.39 is 11.9 Å². The molecule has 0 N–H and O–H groups in total. The first-order chi connectivity index (χ1) is 13.8. The molecule has 0 saturated carbocycles. The van der Waals surface area contributed by atoms with Crippen LogP contribution in [0.2, 0.25) is 0 Å². The first-order valence-electron chi connectivity index (χ1n) is 9.79. The van der Waals surface area contributed by atoms with Crippen molar-refractivity contribution in [3.63, 3.8) is 0 Å². The lowest BCUT2D eigenvalue weighted by Gasteiger charge is -2.30. The summed E-state index contributed by atoms with van der Waals surface area (Å²) < 4.78 is 17.5. The van der Waals surface area contributed by atoms with Gasteiger partial charge < -0.3 is 14.2 Å². The van der Waals surface area contributed by atoms with Crippen LogP contribution in [0.5, 0.6) is 11.5 Å². The highest BCUT2D eigenvalue weighted by molar-refractivity contribution is 6.01. The van der Waals surface area contributed by atoms with Gasteiger partial charge in [0.2, 0.25) is 0 Å². The summed E-state index contributed by atoms with van der Waals surface area (Å²) in [6.45, 7) is 13.0. The second-order valence-corrected chi connectivity index (χ2v) is 7.27. The van der Waals surface area contributed by atoms with Gasteiger partial charge in [-0.2, -0.15) is 0 Å². The minimum absolute atomic E-state index is 0.247. The Labute approximate surface area is 171 Å². The molecule has 1 atom stereocenters. The Bertz CT molecular complexity index is 1000. The van der Waals surface area contributed by atoms with Crippen molar-refractivity contribution < 1.29 is 23.8 Å². The van der Waals surface area contributed by atoms with Crippen molar-refractivity contribution >= 4 is 22.7 Å². The maximum Gasteiger partial charge on any atom is 0.338 e. The first kappa shape index (κ1) is 20.8. The molecule has 0 bridgehead atoms. The average Bonchev–Trinajstić information content (AvgIpc) is 2.70. The third kappa shape index (κ3) is 4.10. The zero-order chi connectivity index (χ0) is 21.1. The lowest BCUT2D eigenvalue weighted by molar-refractivity contribution is -0.131. The normalized spacial score (nSPS) is 15.5. The molecule has 1 unspecified atom stereocenters.